The second kappa shape index (κ2) is 9.47. The highest BCUT2D eigenvalue weighted by Gasteiger charge is 2.17. The Morgan fingerprint density at radius 2 is 1.87 bits per heavy atom. The molecule has 0 aliphatic rings. The average molecular weight is 442 g/mol. The van der Waals surface area contributed by atoms with Gasteiger partial charge in [0.05, 0.1) is 23.2 Å². The third-order valence-electron chi connectivity index (χ3n) is 4.32. The van der Waals surface area contributed by atoms with Gasteiger partial charge in [0.25, 0.3) is 5.69 Å². The maximum Gasteiger partial charge on any atom is 0.340 e. The Labute approximate surface area is 182 Å². The lowest BCUT2D eigenvalue weighted by atomic mass is 10.0. The van der Waals surface area contributed by atoms with Gasteiger partial charge in [0, 0.05) is 16.6 Å². The zero-order chi connectivity index (χ0) is 21.7. The molecule has 30 heavy (non-hydrogen) atoms. The van der Waals surface area contributed by atoms with Crippen LogP contribution in [0.1, 0.15) is 22.2 Å². The third kappa shape index (κ3) is 4.81. The molecular weight excluding hydrogens is 422 g/mol. The molecule has 0 saturated carbocycles. The van der Waals surface area contributed by atoms with Crippen LogP contribution < -0.4 is 10.6 Å². The first-order valence-corrected chi connectivity index (χ1v) is 10.3. The van der Waals surface area contributed by atoms with E-state index in [-0.39, 0.29) is 5.69 Å². The Morgan fingerprint density at radius 3 is 2.50 bits per heavy atom. The molecule has 2 N–H and O–H groups in total. The Bertz CT molecular complexity index is 1090. The number of hydrogen-bond acceptors (Lipinski definition) is 6. The molecule has 1 heterocycles. The first kappa shape index (κ1) is 21.4. The van der Waals surface area contributed by atoms with E-state index in [0.29, 0.717) is 26.9 Å². The second-order valence-electron chi connectivity index (χ2n) is 6.23. The molecule has 0 saturated heterocycles. The van der Waals surface area contributed by atoms with Gasteiger partial charge in [-0.2, -0.15) is 0 Å². The van der Waals surface area contributed by atoms with Crippen molar-refractivity contribution in [1.82, 2.24) is 0 Å². The molecule has 3 rings (SSSR count). The smallest absolute Gasteiger partial charge is 0.340 e. The summed E-state index contributed by atoms with van der Waals surface area (Å²) >= 11 is 6.81. The van der Waals surface area contributed by atoms with Crippen LogP contribution in [0.25, 0.3) is 11.1 Å². The lowest BCUT2D eigenvalue weighted by Gasteiger charge is -2.11. The Morgan fingerprint density at radius 1 is 1.17 bits per heavy atom. The lowest BCUT2D eigenvalue weighted by molar-refractivity contribution is -0.384. The van der Waals surface area contributed by atoms with Gasteiger partial charge in [0.2, 0.25) is 0 Å². The molecular formula is C21H19N3O4S2. The SMILES string of the molecule is CCc1cc(C(=O)OC)c(NC(=S)Nc2ccc(-c3ccccc3[N+](=O)[O-])cc2)s1. The normalized spacial score (nSPS) is 10.3. The molecule has 0 atom stereocenters. The van der Waals surface area contributed by atoms with Gasteiger partial charge in [0.15, 0.2) is 5.11 Å². The minimum Gasteiger partial charge on any atom is -0.465 e. The highest BCUT2D eigenvalue weighted by molar-refractivity contribution is 7.80. The van der Waals surface area contributed by atoms with Crippen LogP contribution in [0, 0.1) is 10.1 Å². The lowest BCUT2D eigenvalue weighted by Crippen LogP contribution is -2.19. The van der Waals surface area contributed by atoms with E-state index in [1.54, 1.807) is 48.5 Å². The Kier molecular flexibility index (Phi) is 6.76. The summed E-state index contributed by atoms with van der Waals surface area (Å²) in [6.45, 7) is 2.01. The van der Waals surface area contributed by atoms with Crippen molar-refractivity contribution in [3.63, 3.8) is 0 Å². The van der Waals surface area contributed by atoms with Crippen molar-refractivity contribution in [3.8, 4) is 11.1 Å². The molecule has 3 aromatic rings. The zero-order valence-corrected chi connectivity index (χ0v) is 17.9. The molecule has 0 amide bonds. The van der Waals surface area contributed by atoms with Gasteiger partial charge in [-0.15, -0.1) is 11.3 Å². The number of nitrogens with one attached hydrogen (secondary N) is 2. The van der Waals surface area contributed by atoms with Crippen LogP contribution >= 0.6 is 23.6 Å². The Balaban J connectivity index is 1.74. The predicted octanol–water partition coefficient (Wildman–Crippen LogP) is 5.48. The Hall–Kier alpha value is -3.30. The van der Waals surface area contributed by atoms with E-state index in [1.807, 2.05) is 6.92 Å². The highest BCUT2D eigenvalue weighted by atomic mass is 32.1. The fraction of sp³-hybridized carbons (Fsp3) is 0.143. The number of nitro benzene ring substituents is 1. The number of hydrogen-bond donors (Lipinski definition) is 2. The largest absolute Gasteiger partial charge is 0.465 e. The number of anilines is 2. The summed E-state index contributed by atoms with van der Waals surface area (Å²) in [5, 5.41) is 18.3. The number of nitro groups is 1. The van der Waals surface area contributed by atoms with Crippen LogP contribution in [0.15, 0.2) is 54.6 Å². The summed E-state index contributed by atoms with van der Waals surface area (Å²) in [4.78, 5) is 23.9. The number of rotatable bonds is 6. The topological polar surface area (TPSA) is 93.5 Å². The standard InChI is InChI=1S/C21H19N3O4S2/c1-3-15-12-17(20(25)28-2)19(30-15)23-21(29)22-14-10-8-13(9-11-14)16-6-4-5-7-18(16)24(26)27/h4-12H,3H2,1-2H3,(H2,22,23,29). The van der Waals surface area contributed by atoms with Crippen molar-refractivity contribution in [1.29, 1.82) is 0 Å². The maximum absolute atomic E-state index is 12.0. The van der Waals surface area contributed by atoms with E-state index in [1.165, 1.54) is 24.5 Å². The molecule has 0 aliphatic carbocycles. The molecule has 2 aromatic carbocycles. The fourth-order valence-corrected chi connectivity index (χ4v) is 4.12. The van der Waals surface area contributed by atoms with Gasteiger partial charge in [-0.05, 0) is 48.5 Å². The molecule has 0 fully saturated rings. The van der Waals surface area contributed by atoms with E-state index in [0.717, 1.165) is 16.9 Å². The molecule has 154 valence electrons. The number of carbonyl (C=O) groups excluding carboxylic acids is 1. The summed E-state index contributed by atoms with van der Waals surface area (Å²) in [5.41, 5.74) is 2.47. The van der Waals surface area contributed by atoms with Gasteiger partial charge in [-0.3, -0.25) is 10.1 Å². The van der Waals surface area contributed by atoms with Crippen molar-refractivity contribution in [2.24, 2.45) is 0 Å². The van der Waals surface area contributed by atoms with Crippen LogP contribution in [0.5, 0.6) is 0 Å². The summed E-state index contributed by atoms with van der Waals surface area (Å²) in [6, 6.07) is 15.5. The van der Waals surface area contributed by atoms with E-state index >= 15 is 0 Å². The van der Waals surface area contributed by atoms with E-state index in [2.05, 4.69) is 10.6 Å². The molecule has 0 radical (unpaired) electrons. The molecule has 1 aromatic heterocycles. The number of thiocarbonyl (C=S) groups is 1. The van der Waals surface area contributed by atoms with Gasteiger partial charge in [0.1, 0.15) is 5.00 Å². The first-order chi connectivity index (χ1) is 14.4. The van der Waals surface area contributed by atoms with Crippen molar-refractivity contribution in [2.45, 2.75) is 13.3 Å². The van der Waals surface area contributed by atoms with E-state index in [4.69, 9.17) is 17.0 Å². The molecule has 0 spiro atoms. The van der Waals surface area contributed by atoms with Crippen molar-refractivity contribution >= 4 is 51.0 Å². The highest BCUT2D eigenvalue weighted by Crippen LogP contribution is 2.31. The average Bonchev–Trinajstić information content (AvgIpc) is 3.16. The van der Waals surface area contributed by atoms with Crippen molar-refractivity contribution < 1.29 is 14.5 Å². The van der Waals surface area contributed by atoms with Gasteiger partial charge in [-0.1, -0.05) is 31.2 Å². The summed E-state index contributed by atoms with van der Waals surface area (Å²) in [7, 11) is 1.34. The number of thiophene rings is 1. The first-order valence-electron chi connectivity index (χ1n) is 9.05. The van der Waals surface area contributed by atoms with E-state index < -0.39 is 10.9 Å². The number of para-hydroxylation sites is 1. The van der Waals surface area contributed by atoms with Crippen molar-refractivity contribution in [3.05, 3.63) is 75.2 Å². The van der Waals surface area contributed by atoms with Gasteiger partial charge >= 0.3 is 5.97 Å². The zero-order valence-electron chi connectivity index (χ0n) is 16.3. The number of methoxy groups -OCH3 is 1. The number of carbonyl (C=O) groups is 1. The fourth-order valence-electron chi connectivity index (χ4n) is 2.85. The number of esters is 1. The van der Waals surface area contributed by atoms with Crippen LogP contribution in [0.3, 0.4) is 0 Å². The van der Waals surface area contributed by atoms with Crippen LogP contribution in [-0.4, -0.2) is 23.1 Å². The maximum atomic E-state index is 12.0. The van der Waals surface area contributed by atoms with Crippen LogP contribution in [0.4, 0.5) is 16.4 Å². The summed E-state index contributed by atoms with van der Waals surface area (Å²) in [5.74, 6) is -0.426. The quantitative estimate of drug-likeness (QED) is 0.226. The second-order valence-corrected chi connectivity index (χ2v) is 7.78. The van der Waals surface area contributed by atoms with Crippen LogP contribution in [0.2, 0.25) is 0 Å². The summed E-state index contributed by atoms with van der Waals surface area (Å²) < 4.78 is 4.83. The van der Waals surface area contributed by atoms with Crippen molar-refractivity contribution in [2.75, 3.05) is 17.7 Å². The van der Waals surface area contributed by atoms with Crippen LogP contribution in [-0.2, 0) is 11.2 Å². The van der Waals surface area contributed by atoms with E-state index in [9.17, 15) is 14.9 Å². The van der Waals surface area contributed by atoms with Gasteiger partial charge in [-0.25, -0.2) is 4.79 Å². The number of nitrogens with zero attached hydrogens (tertiary/aromatic N) is 1. The molecule has 0 aliphatic heterocycles. The molecule has 7 nitrogen and oxygen atoms in total. The molecule has 0 unspecified atom stereocenters. The minimum atomic E-state index is -0.426. The molecule has 0 bridgehead atoms. The number of aryl methyl sites for hydroxylation is 1. The monoisotopic (exact) mass is 441 g/mol. The molecule has 9 heteroatoms. The predicted molar refractivity (Wildman–Crippen MR) is 123 cm³/mol. The minimum absolute atomic E-state index is 0.0511. The summed E-state index contributed by atoms with van der Waals surface area (Å²) in [6.07, 6.45) is 0.795. The third-order valence-corrected chi connectivity index (χ3v) is 5.72. The number of benzene rings is 2. The van der Waals surface area contributed by atoms with Gasteiger partial charge < -0.3 is 15.4 Å². The number of ether oxygens (including phenoxy) is 1.